The number of nitrogens with two attached hydrogens (primary N) is 1. The van der Waals surface area contributed by atoms with Gasteiger partial charge >= 0.3 is 0 Å². The summed E-state index contributed by atoms with van der Waals surface area (Å²) in [6.45, 7) is 5.75. The highest BCUT2D eigenvalue weighted by Gasteiger charge is 2.26. The Kier molecular flexibility index (Phi) is 3.84. The highest BCUT2D eigenvalue weighted by atomic mass is 16.1. The van der Waals surface area contributed by atoms with Crippen LogP contribution in [0.5, 0.6) is 0 Å². The van der Waals surface area contributed by atoms with E-state index in [0.29, 0.717) is 12.5 Å². The average Bonchev–Trinajstić information content (AvgIpc) is 2.16. The maximum absolute atomic E-state index is 10.6. The third-order valence-corrected chi connectivity index (χ3v) is 2.56. The van der Waals surface area contributed by atoms with Crippen molar-refractivity contribution in [3.8, 4) is 0 Å². The molecule has 0 aromatic heterocycles. The minimum Gasteiger partial charge on any atom is -0.326 e. The van der Waals surface area contributed by atoms with Crippen LogP contribution in [0.2, 0.25) is 0 Å². The largest absolute Gasteiger partial charge is 0.326 e. The van der Waals surface area contributed by atoms with Crippen LogP contribution in [-0.4, -0.2) is 37.5 Å². The highest BCUT2D eigenvalue weighted by molar-refractivity contribution is 5.58. The summed E-state index contributed by atoms with van der Waals surface area (Å²) in [5.41, 5.74) is 5.99. The fourth-order valence-corrected chi connectivity index (χ4v) is 1.59. The molecule has 1 fully saturated rings. The zero-order valence-electron chi connectivity index (χ0n) is 8.29. The molecular weight excluding hydrogens is 166 g/mol. The van der Waals surface area contributed by atoms with Crippen LogP contribution in [0, 0.1) is 5.92 Å². The molecule has 0 aromatic rings. The van der Waals surface area contributed by atoms with Gasteiger partial charge in [0.2, 0.25) is 0 Å². The van der Waals surface area contributed by atoms with Gasteiger partial charge in [-0.15, -0.1) is 0 Å². The van der Waals surface area contributed by atoms with Gasteiger partial charge in [-0.25, -0.2) is 0 Å². The Morgan fingerprint density at radius 2 is 2.15 bits per heavy atom. The SMILES string of the molecule is CC(C)C(N)C1CNCC(C=O)N1. The summed E-state index contributed by atoms with van der Waals surface area (Å²) in [6, 6.07) is 0.239. The van der Waals surface area contributed by atoms with Crippen LogP contribution in [0.15, 0.2) is 0 Å². The van der Waals surface area contributed by atoms with Crippen molar-refractivity contribution >= 4 is 6.29 Å². The molecule has 0 radical (unpaired) electrons. The van der Waals surface area contributed by atoms with Crippen molar-refractivity contribution in [2.45, 2.75) is 32.0 Å². The van der Waals surface area contributed by atoms with Gasteiger partial charge in [-0.05, 0) is 5.92 Å². The van der Waals surface area contributed by atoms with E-state index in [9.17, 15) is 4.79 Å². The number of hydrogen-bond donors (Lipinski definition) is 3. The predicted molar refractivity (Wildman–Crippen MR) is 52.5 cm³/mol. The first kappa shape index (κ1) is 10.6. The molecule has 0 bridgehead atoms. The number of nitrogens with one attached hydrogen (secondary N) is 2. The first-order valence-electron chi connectivity index (χ1n) is 4.82. The van der Waals surface area contributed by atoms with Gasteiger partial charge < -0.3 is 21.2 Å². The minimum absolute atomic E-state index is 0.0800. The maximum atomic E-state index is 10.6. The fraction of sp³-hybridized carbons (Fsp3) is 0.889. The standard InChI is InChI=1S/C9H19N3O/c1-6(2)9(10)8-4-11-3-7(5-13)12-8/h5-9,11-12H,3-4,10H2,1-2H3. The Bertz CT molecular complexity index is 172. The first-order chi connectivity index (χ1) is 6.15. The molecule has 0 aromatic carbocycles. The molecule has 4 N–H and O–H groups in total. The molecule has 0 saturated carbocycles. The molecule has 1 aliphatic heterocycles. The molecule has 1 rings (SSSR count). The van der Waals surface area contributed by atoms with E-state index in [4.69, 9.17) is 5.73 Å². The van der Waals surface area contributed by atoms with E-state index < -0.39 is 0 Å². The molecule has 3 unspecified atom stereocenters. The Balaban J connectivity index is 2.45. The Labute approximate surface area is 79.3 Å². The third-order valence-electron chi connectivity index (χ3n) is 2.56. The topological polar surface area (TPSA) is 67.1 Å². The van der Waals surface area contributed by atoms with Crippen molar-refractivity contribution in [3.63, 3.8) is 0 Å². The van der Waals surface area contributed by atoms with Gasteiger partial charge in [-0.3, -0.25) is 0 Å². The van der Waals surface area contributed by atoms with Gasteiger partial charge in [-0.1, -0.05) is 13.8 Å². The van der Waals surface area contributed by atoms with Crippen LogP contribution >= 0.6 is 0 Å². The minimum atomic E-state index is -0.0800. The van der Waals surface area contributed by atoms with E-state index in [2.05, 4.69) is 24.5 Å². The van der Waals surface area contributed by atoms with Crippen LogP contribution in [0.4, 0.5) is 0 Å². The fourth-order valence-electron chi connectivity index (χ4n) is 1.59. The van der Waals surface area contributed by atoms with E-state index in [-0.39, 0.29) is 18.1 Å². The van der Waals surface area contributed by atoms with Gasteiger partial charge in [0.25, 0.3) is 0 Å². The maximum Gasteiger partial charge on any atom is 0.138 e. The molecule has 0 amide bonds. The molecule has 13 heavy (non-hydrogen) atoms. The van der Waals surface area contributed by atoms with Gasteiger partial charge in [0.05, 0.1) is 6.04 Å². The van der Waals surface area contributed by atoms with E-state index in [1.165, 1.54) is 0 Å². The molecular formula is C9H19N3O. The Hall–Kier alpha value is -0.450. The van der Waals surface area contributed by atoms with Crippen LogP contribution in [0.25, 0.3) is 0 Å². The van der Waals surface area contributed by atoms with Crippen molar-refractivity contribution in [2.75, 3.05) is 13.1 Å². The second kappa shape index (κ2) is 4.69. The summed E-state index contributed by atoms with van der Waals surface area (Å²) < 4.78 is 0. The monoisotopic (exact) mass is 185 g/mol. The van der Waals surface area contributed by atoms with Crippen molar-refractivity contribution in [1.82, 2.24) is 10.6 Å². The first-order valence-corrected chi connectivity index (χ1v) is 4.82. The zero-order chi connectivity index (χ0) is 9.84. The van der Waals surface area contributed by atoms with Crippen molar-refractivity contribution < 1.29 is 4.79 Å². The summed E-state index contributed by atoms with van der Waals surface area (Å²) in [5, 5.41) is 6.43. The molecule has 3 atom stereocenters. The third kappa shape index (κ3) is 2.76. The number of carbonyl (C=O) groups is 1. The molecule has 0 spiro atoms. The number of hydrogen-bond acceptors (Lipinski definition) is 4. The van der Waals surface area contributed by atoms with Gasteiger partial charge in [0, 0.05) is 25.2 Å². The van der Waals surface area contributed by atoms with Crippen molar-refractivity contribution in [2.24, 2.45) is 11.7 Å². The zero-order valence-corrected chi connectivity index (χ0v) is 8.29. The smallest absolute Gasteiger partial charge is 0.138 e. The molecule has 1 saturated heterocycles. The van der Waals surface area contributed by atoms with Crippen LogP contribution < -0.4 is 16.4 Å². The van der Waals surface area contributed by atoms with Gasteiger partial charge in [-0.2, -0.15) is 0 Å². The van der Waals surface area contributed by atoms with Crippen molar-refractivity contribution in [3.05, 3.63) is 0 Å². The van der Waals surface area contributed by atoms with Crippen LogP contribution in [0.3, 0.4) is 0 Å². The molecule has 0 aliphatic carbocycles. The summed E-state index contributed by atoms with van der Waals surface area (Å²) in [4.78, 5) is 10.6. The molecule has 76 valence electrons. The number of carbonyl (C=O) groups excluding carboxylic acids is 1. The van der Waals surface area contributed by atoms with Gasteiger partial charge in [0.1, 0.15) is 6.29 Å². The molecule has 1 aliphatic rings. The lowest BCUT2D eigenvalue weighted by Gasteiger charge is -2.34. The van der Waals surface area contributed by atoms with E-state index in [1.807, 2.05) is 0 Å². The summed E-state index contributed by atoms with van der Waals surface area (Å²) >= 11 is 0. The normalized spacial score (nSPS) is 31.7. The lowest BCUT2D eigenvalue weighted by molar-refractivity contribution is -0.110. The molecule has 4 heteroatoms. The van der Waals surface area contributed by atoms with Crippen LogP contribution in [0.1, 0.15) is 13.8 Å². The molecule has 1 heterocycles. The van der Waals surface area contributed by atoms with E-state index in [0.717, 1.165) is 12.8 Å². The summed E-state index contributed by atoms with van der Waals surface area (Å²) in [7, 11) is 0. The second-order valence-corrected chi connectivity index (χ2v) is 4.00. The highest BCUT2D eigenvalue weighted by Crippen LogP contribution is 2.05. The lowest BCUT2D eigenvalue weighted by atomic mass is 9.95. The average molecular weight is 185 g/mol. The van der Waals surface area contributed by atoms with Gasteiger partial charge in [0.15, 0.2) is 0 Å². The molecule has 4 nitrogen and oxygen atoms in total. The predicted octanol–water partition coefficient (Wildman–Crippen LogP) is -0.901. The quantitative estimate of drug-likeness (QED) is 0.498. The number of rotatable bonds is 3. The van der Waals surface area contributed by atoms with E-state index in [1.54, 1.807) is 0 Å². The summed E-state index contributed by atoms with van der Waals surface area (Å²) in [5.74, 6) is 0.435. The Morgan fingerprint density at radius 1 is 1.46 bits per heavy atom. The second-order valence-electron chi connectivity index (χ2n) is 4.00. The van der Waals surface area contributed by atoms with Crippen molar-refractivity contribution in [1.29, 1.82) is 0 Å². The van der Waals surface area contributed by atoms with E-state index >= 15 is 0 Å². The number of piperazine rings is 1. The van der Waals surface area contributed by atoms with Crippen LogP contribution in [-0.2, 0) is 4.79 Å². The lowest BCUT2D eigenvalue weighted by Crippen LogP contribution is -2.62. The summed E-state index contributed by atoms with van der Waals surface area (Å²) in [6.07, 6.45) is 0.937. The number of aldehydes is 1. The Morgan fingerprint density at radius 3 is 2.69 bits per heavy atom.